The quantitative estimate of drug-likeness (QED) is 0.443. The van der Waals surface area contributed by atoms with Crippen molar-refractivity contribution in [1.29, 1.82) is 0 Å². The zero-order valence-corrected chi connectivity index (χ0v) is 14.6. The normalized spacial score (nSPS) is 10.2. The molecule has 0 radical (unpaired) electrons. The van der Waals surface area contributed by atoms with E-state index < -0.39 is 32.4 Å². The van der Waals surface area contributed by atoms with Crippen LogP contribution in [0.25, 0.3) is 0 Å². The summed E-state index contributed by atoms with van der Waals surface area (Å²) < 4.78 is 4.79. The van der Waals surface area contributed by atoms with Crippen LogP contribution in [0.15, 0.2) is 24.3 Å². The van der Waals surface area contributed by atoms with E-state index in [0.717, 1.165) is 18.2 Å². The number of esters is 1. The van der Waals surface area contributed by atoms with Crippen molar-refractivity contribution in [2.24, 2.45) is 0 Å². The highest BCUT2D eigenvalue weighted by molar-refractivity contribution is 7.19. The second kappa shape index (κ2) is 7.89. The number of thiophene rings is 1. The van der Waals surface area contributed by atoms with E-state index in [-0.39, 0.29) is 27.8 Å². The molecule has 0 aliphatic carbocycles. The number of ether oxygens (including phenoxy) is 1. The van der Waals surface area contributed by atoms with Gasteiger partial charge in [0.2, 0.25) is 0 Å². The molecule has 12 heteroatoms. The Hall–Kier alpha value is -3.05. The lowest BCUT2D eigenvalue weighted by atomic mass is 10.1. The van der Waals surface area contributed by atoms with Crippen molar-refractivity contribution in [2.45, 2.75) is 6.92 Å². The van der Waals surface area contributed by atoms with Crippen molar-refractivity contribution in [1.82, 2.24) is 0 Å². The number of nitrogens with zero attached hydrogens (tertiary/aromatic N) is 2. The standard InChI is InChI=1S/C14H10ClN3O7S/c1-2-25-14(20)9-6-11(18(23)24)26-13(9)16-12(19)8-5-7(15)3-4-10(8)17(21)22/h3-6H,2H2,1H3,(H,16,19). The topological polar surface area (TPSA) is 142 Å². The maximum Gasteiger partial charge on any atom is 0.341 e. The predicted octanol–water partition coefficient (Wildman–Crippen LogP) is 3.65. The van der Waals surface area contributed by atoms with Gasteiger partial charge in [-0.3, -0.25) is 25.0 Å². The van der Waals surface area contributed by atoms with Crippen molar-refractivity contribution in [3.8, 4) is 0 Å². The van der Waals surface area contributed by atoms with Crippen LogP contribution >= 0.6 is 22.9 Å². The van der Waals surface area contributed by atoms with Gasteiger partial charge in [0.25, 0.3) is 11.6 Å². The fraction of sp³-hybridized carbons (Fsp3) is 0.143. The maximum atomic E-state index is 12.4. The van der Waals surface area contributed by atoms with E-state index in [4.69, 9.17) is 16.3 Å². The molecule has 0 fully saturated rings. The number of hydrogen-bond acceptors (Lipinski definition) is 8. The SMILES string of the molecule is CCOC(=O)c1cc([N+](=O)[O-])sc1NC(=O)c1cc(Cl)ccc1[N+](=O)[O-]. The minimum Gasteiger partial charge on any atom is -0.462 e. The van der Waals surface area contributed by atoms with E-state index >= 15 is 0 Å². The number of nitrogens with one attached hydrogen (secondary N) is 1. The number of amides is 1. The summed E-state index contributed by atoms with van der Waals surface area (Å²) in [5, 5.41) is 23.8. The van der Waals surface area contributed by atoms with Crippen LogP contribution in [-0.4, -0.2) is 28.3 Å². The van der Waals surface area contributed by atoms with Crippen LogP contribution in [0, 0.1) is 20.2 Å². The Kier molecular flexibility index (Phi) is 5.85. The number of nitro benzene ring substituents is 1. The fourth-order valence-corrected chi connectivity index (χ4v) is 2.97. The van der Waals surface area contributed by atoms with E-state index in [9.17, 15) is 29.8 Å². The first kappa shape index (κ1) is 19.3. The number of rotatable bonds is 6. The van der Waals surface area contributed by atoms with Gasteiger partial charge in [-0.05, 0) is 30.4 Å². The molecule has 0 bridgehead atoms. The molecule has 0 saturated heterocycles. The lowest BCUT2D eigenvalue weighted by Crippen LogP contribution is -2.15. The smallest absolute Gasteiger partial charge is 0.341 e. The highest BCUT2D eigenvalue weighted by Crippen LogP contribution is 2.35. The summed E-state index contributed by atoms with van der Waals surface area (Å²) in [6.07, 6.45) is 0. The van der Waals surface area contributed by atoms with Crippen molar-refractivity contribution < 1.29 is 24.2 Å². The first-order valence-corrected chi connectivity index (χ1v) is 8.14. The van der Waals surface area contributed by atoms with E-state index in [1.165, 1.54) is 6.07 Å². The highest BCUT2D eigenvalue weighted by Gasteiger charge is 2.27. The van der Waals surface area contributed by atoms with E-state index in [1.807, 2.05) is 0 Å². The van der Waals surface area contributed by atoms with Crippen LogP contribution < -0.4 is 5.32 Å². The molecule has 1 N–H and O–H groups in total. The van der Waals surface area contributed by atoms with Gasteiger partial charge >= 0.3 is 11.0 Å². The van der Waals surface area contributed by atoms with Crippen molar-refractivity contribution in [3.63, 3.8) is 0 Å². The summed E-state index contributed by atoms with van der Waals surface area (Å²) in [5.41, 5.74) is -1.08. The highest BCUT2D eigenvalue weighted by atomic mass is 35.5. The monoisotopic (exact) mass is 399 g/mol. The summed E-state index contributed by atoms with van der Waals surface area (Å²) >= 11 is 6.30. The molecular formula is C14H10ClN3O7S. The number of carbonyl (C=O) groups excluding carboxylic acids is 2. The molecule has 0 saturated carbocycles. The number of anilines is 1. The molecule has 10 nitrogen and oxygen atoms in total. The minimum atomic E-state index is -0.943. The fourth-order valence-electron chi connectivity index (χ4n) is 1.94. The Morgan fingerprint density at radius 2 is 1.88 bits per heavy atom. The number of benzene rings is 1. The van der Waals surface area contributed by atoms with Gasteiger partial charge in [0, 0.05) is 17.2 Å². The van der Waals surface area contributed by atoms with Gasteiger partial charge in [-0.1, -0.05) is 11.6 Å². The molecule has 0 atom stereocenters. The second-order valence-corrected chi connectivity index (χ2v) is 6.14. The van der Waals surface area contributed by atoms with E-state index in [1.54, 1.807) is 6.92 Å². The second-order valence-electron chi connectivity index (χ2n) is 4.68. The lowest BCUT2D eigenvalue weighted by molar-refractivity contribution is -0.385. The van der Waals surface area contributed by atoms with Crippen LogP contribution in [-0.2, 0) is 4.74 Å². The van der Waals surface area contributed by atoms with Gasteiger partial charge in [0.15, 0.2) is 0 Å². The lowest BCUT2D eigenvalue weighted by Gasteiger charge is -2.06. The van der Waals surface area contributed by atoms with Crippen LogP contribution in [0.3, 0.4) is 0 Å². The van der Waals surface area contributed by atoms with Crippen LogP contribution in [0.2, 0.25) is 5.02 Å². The first-order valence-electron chi connectivity index (χ1n) is 6.95. The molecular weight excluding hydrogens is 390 g/mol. The average Bonchev–Trinajstić information content (AvgIpc) is 2.98. The molecule has 26 heavy (non-hydrogen) atoms. The zero-order valence-electron chi connectivity index (χ0n) is 13.1. The number of hydrogen-bond donors (Lipinski definition) is 1. The summed E-state index contributed by atoms with van der Waals surface area (Å²) in [5.74, 6) is -1.81. The Morgan fingerprint density at radius 1 is 1.19 bits per heavy atom. The Labute approximate surface area is 154 Å². The number of halogens is 1. The largest absolute Gasteiger partial charge is 0.462 e. The van der Waals surface area contributed by atoms with Gasteiger partial charge in [-0.2, -0.15) is 0 Å². The maximum absolute atomic E-state index is 12.4. The molecule has 136 valence electrons. The summed E-state index contributed by atoms with van der Waals surface area (Å²) in [6, 6.07) is 4.35. The Bertz CT molecular complexity index is 912. The molecule has 2 aromatic rings. The molecule has 1 amide bonds. The summed E-state index contributed by atoms with van der Waals surface area (Å²) in [7, 11) is 0. The van der Waals surface area contributed by atoms with Crippen molar-refractivity contribution in [3.05, 3.63) is 60.6 Å². The average molecular weight is 400 g/mol. The summed E-state index contributed by atoms with van der Waals surface area (Å²) in [6.45, 7) is 1.57. The van der Waals surface area contributed by atoms with Crippen molar-refractivity contribution >= 4 is 50.5 Å². The predicted molar refractivity (Wildman–Crippen MR) is 93.0 cm³/mol. The van der Waals surface area contributed by atoms with E-state index in [2.05, 4.69) is 5.32 Å². The number of nitro groups is 2. The molecule has 1 aromatic heterocycles. The van der Waals surface area contributed by atoms with Crippen LogP contribution in [0.4, 0.5) is 15.7 Å². The Morgan fingerprint density at radius 3 is 2.46 bits per heavy atom. The molecule has 0 spiro atoms. The molecule has 1 aromatic carbocycles. The Balaban J connectivity index is 2.43. The third-order valence-electron chi connectivity index (χ3n) is 3.02. The minimum absolute atomic E-state index is 0.0234. The van der Waals surface area contributed by atoms with Gasteiger partial charge in [-0.15, -0.1) is 0 Å². The molecule has 0 unspecified atom stereocenters. The van der Waals surface area contributed by atoms with Gasteiger partial charge in [0.05, 0.1) is 16.5 Å². The van der Waals surface area contributed by atoms with Gasteiger partial charge < -0.3 is 10.1 Å². The van der Waals surface area contributed by atoms with Crippen LogP contribution in [0.1, 0.15) is 27.6 Å². The third kappa shape index (κ3) is 4.13. The molecule has 2 rings (SSSR count). The number of carbonyl (C=O) groups is 2. The summed E-state index contributed by atoms with van der Waals surface area (Å²) in [4.78, 5) is 44.8. The van der Waals surface area contributed by atoms with Gasteiger partial charge in [-0.25, -0.2) is 4.79 Å². The van der Waals surface area contributed by atoms with Crippen LogP contribution in [0.5, 0.6) is 0 Å². The zero-order chi connectivity index (χ0) is 19.4. The molecule has 0 aliphatic heterocycles. The third-order valence-corrected chi connectivity index (χ3v) is 4.26. The van der Waals surface area contributed by atoms with Gasteiger partial charge in [0.1, 0.15) is 16.1 Å². The first-order chi connectivity index (χ1) is 12.2. The molecule has 0 aliphatic rings. The van der Waals surface area contributed by atoms with E-state index in [0.29, 0.717) is 11.3 Å². The molecule has 1 heterocycles. The van der Waals surface area contributed by atoms with Crippen molar-refractivity contribution in [2.75, 3.05) is 11.9 Å².